The summed E-state index contributed by atoms with van der Waals surface area (Å²) in [4.78, 5) is 26.1. The Balaban J connectivity index is 1.52. The minimum absolute atomic E-state index is 0.00897. The molecule has 2 N–H and O–H groups in total. The highest BCUT2D eigenvalue weighted by Crippen LogP contribution is 2.27. The standard InChI is InChI=1S/C16H21N3O3/c20-11-19-7-5-18(6-8-19)4-3-15(21)12-1-2-14-13(9-12)10-16(22)17-14/h1-2,9,11,15,21H,3-8,10H2,(H,17,22). The van der Waals surface area contributed by atoms with Crippen LogP contribution in [-0.2, 0) is 16.0 Å². The molecular weight excluding hydrogens is 282 g/mol. The van der Waals surface area contributed by atoms with Crippen LogP contribution >= 0.6 is 0 Å². The van der Waals surface area contributed by atoms with E-state index in [1.807, 2.05) is 18.2 Å². The van der Waals surface area contributed by atoms with Gasteiger partial charge in [0, 0.05) is 38.4 Å². The van der Waals surface area contributed by atoms with Crippen molar-refractivity contribution in [1.29, 1.82) is 0 Å². The third-order valence-electron chi connectivity index (χ3n) is 4.41. The molecule has 22 heavy (non-hydrogen) atoms. The topological polar surface area (TPSA) is 72.9 Å². The maximum Gasteiger partial charge on any atom is 0.228 e. The second-order valence-electron chi connectivity index (χ2n) is 5.93. The van der Waals surface area contributed by atoms with Crippen molar-refractivity contribution in [2.75, 3.05) is 38.0 Å². The number of carbonyl (C=O) groups excluding carboxylic acids is 2. The van der Waals surface area contributed by atoms with Crippen LogP contribution < -0.4 is 5.32 Å². The first kappa shape index (κ1) is 15.0. The Morgan fingerprint density at radius 2 is 2.05 bits per heavy atom. The van der Waals surface area contributed by atoms with Crippen LogP contribution in [0.25, 0.3) is 0 Å². The molecule has 0 spiro atoms. The SMILES string of the molecule is O=CN1CCN(CCC(O)c2ccc3c(c2)CC(=O)N3)CC1. The Morgan fingerprint density at radius 3 is 2.77 bits per heavy atom. The van der Waals surface area contributed by atoms with Crippen molar-refractivity contribution in [3.05, 3.63) is 29.3 Å². The molecule has 2 aliphatic heterocycles. The van der Waals surface area contributed by atoms with E-state index in [1.54, 1.807) is 4.90 Å². The molecule has 3 rings (SSSR count). The zero-order chi connectivity index (χ0) is 15.5. The van der Waals surface area contributed by atoms with Crippen molar-refractivity contribution in [2.24, 2.45) is 0 Å². The van der Waals surface area contributed by atoms with Gasteiger partial charge in [-0.3, -0.25) is 14.5 Å². The van der Waals surface area contributed by atoms with Gasteiger partial charge in [-0.1, -0.05) is 12.1 Å². The van der Waals surface area contributed by atoms with Gasteiger partial charge in [-0.25, -0.2) is 0 Å². The molecule has 1 unspecified atom stereocenters. The maximum absolute atomic E-state index is 11.4. The molecule has 6 heteroatoms. The van der Waals surface area contributed by atoms with Crippen LogP contribution in [0.5, 0.6) is 0 Å². The number of fused-ring (bicyclic) bond motifs is 1. The van der Waals surface area contributed by atoms with Crippen LogP contribution in [0.2, 0.25) is 0 Å². The number of nitrogens with one attached hydrogen (secondary N) is 1. The predicted molar refractivity (Wildman–Crippen MR) is 82.4 cm³/mol. The largest absolute Gasteiger partial charge is 0.388 e. The summed E-state index contributed by atoms with van der Waals surface area (Å²) in [6.45, 7) is 4.03. The molecule has 2 amide bonds. The molecule has 2 aliphatic rings. The van der Waals surface area contributed by atoms with E-state index in [0.717, 1.165) is 55.9 Å². The van der Waals surface area contributed by atoms with Gasteiger partial charge in [-0.15, -0.1) is 0 Å². The Kier molecular flexibility index (Phi) is 4.40. The fourth-order valence-electron chi connectivity index (χ4n) is 3.02. The predicted octanol–water partition coefficient (Wildman–Crippen LogP) is 0.379. The van der Waals surface area contributed by atoms with Crippen molar-refractivity contribution in [3.8, 4) is 0 Å². The Bertz CT molecular complexity index is 568. The molecule has 1 aromatic rings. The lowest BCUT2D eigenvalue weighted by Gasteiger charge is -2.32. The van der Waals surface area contributed by atoms with Crippen LogP contribution in [0, 0.1) is 0 Å². The molecule has 0 aromatic heterocycles. The average molecular weight is 303 g/mol. The van der Waals surface area contributed by atoms with Gasteiger partial charge >= 0.3 is 0 Å². The Labute approximate surface area is 129 Å². The molecule has 0 bridgehead atoms. The second kappa shape index (κ2) is 6.46. The molecule has 2 heterocycles. The maximum atomic E-state index is 11.4. The van der Waals surface area contributed by atoms with Crippen LogP contribution in [0.4, 0.5) is 5.69 Å². The van der Waals surface area contributed by atoms with Gasteiger partial charge in [0.25, 0.3) is 0 Å². The van der Waals surface area contributed by atoms with Crippen LogP contribution in [0.1, 0.15) is 23.7 Å². The zero-order valence-corrected chi connectivity index (χ0v) is 12.5. The van der Waals surface area contributed by atoms with Crippen LogP contribution in [0.3, 0.4) is 0 Å². The van der Waals surface area contributed by atoms with Crippen molar-refractivity contribution < 1.29 is 14.7 Å². The molecule has 1 saturated heterocycles. The fraction of sp³-hybridized carbons (Fsp3) is 0.500. The van der Waals surface area contributed by atoms with Crippen molar-refractivity contribution in [3.63, 3.8) is 0 Å². The van der Waals surface area contributed by atoms with E-state index in [-0.39, 0.29) is 5.91 Å². The van der Waals surface area contributed by atoms with E-state index in [9.17, 15) is 14.7 Å². The number of nitrogens with zero attached hydrogens (tertiary/aromatic N) is 2. The number of hydrogen-bond donors (Lipinski definition) is 2. The quantitative estimate of drug-likeness (QED) is 0.771. The van der Waals surface area contributed by atoms with Crippen molar-refractivity contribution >= 4 is 18.0 Å². The summed E-state index contributed by atoms with van der Waals surface area (Å²) >= 11 is 0. The van der Waals surface area contributed by atoms with E-state index < -0.39 is 6.10 Å². The van der Waals surface area contributed by atoms with E-state index in [2.05, 4.69) is 10.2 Å². The smallest absolute Gasteiger partial charge is 0.228 e. The summed E-state index contributed by atoms with van der Waals surface area (Å²) in [6.07, 6.45) is 1.42. The number of hydrogen-bond acceptors (Lipinski definition) is 4. The average Bonchev–Trinajstić information content (AvgIpc) is 2.92. The summed E-state index contributed by atoms with van der Waals surface area (Å²) in [6, 6.07) is 5.66. The minimum Gasteiger partial charge on any atom is -0.388 e. The summed E-state index contributed by atoms with van der Waals surface area (Å²) in [7, 11) is 0. The number of aliphatic hydroxyl groups is 1. The summed E-state index contributed by atoms with van der Waals surface area (Å²) in [5, 5.41) is 13.1. The second-order valence-corrected chi connectivity index (χ2v) is 5.93. The van der Waals surface area contributed by atoms with E-state index >= 15 is 0 Å². The molecule has 0 aliphatic carbocycles. The van der Waals surface area contributed by atoms with Crippen LogP contribution in [0.15, 0.2) is 18.2 Å². The monoisotopic (exact) mass is 303 g/mol. The third-order valence-corrected chi connectivity index (χ3v) is 4.41. The lowest BCUT2D eigenvalue weighted by atomic mass is 10.0. The number of piperazine rings is 1. The Hall–Kier alpha value is -1.92. The molecule has 1 fully saturated rings. The number of carbonyl (C=O) groups is 2. The first-order valence-electron chi connectivity index (χ1n) is 7.68. The van der Waals surface area contributed by atoms with Gasteiger partial charge in [-0.2, -0.15) is 0 Å². The van der Waals surface area contributed by atoms with E-state index in [1.165, 1.54) is 0 Å². The summed E-state index contributed by atoms with van der Waals surface area (Å²) in [5.41, 5.74) is 2.67. The summed E-state index contributed by atoms with van der Waals surface area (Å²) in [5.74, 6) is 0.00897. The molecule has 6 nitrogen and oxygen atoms in total. The van der Waals surface area contributed by atoms with Crippen LogP contribution in [-0.4, -0.2) is 59.9 Å². The molecule has 0 saturated carbocycles. The van der Waals surface area contributed by atoms with Gasteiger partial charge in [0.1, 0.15) is 0 Å². The number of rotatable bonds is 5. The van der Waals surface area contributed by atoms with Gasteiger partial charge < -0.3 is 15.3 Å². The number of anilines is 1. The molecule has 1 atom stereocenters. The van der Waals surface area contributed by atoms with Gasteiger partial charge in [0.15, 0.2) is 0 Å². The first-order chi connectivity index (χ1) is 10.7. The highest BCUT2D eigenvalue weighted by Gasteiger charge is 2.20. The van der Waals surface area contributed by atoms with Gasteiger partial charge in [0.05, 0.1) is 12.5 Å². The van der Waals surface area contributed by atoms with E-state index in [0.29, 0.717) is 12.8 Å². The number of benzene rings is 1. The Morgan fingerprint density at radius 1 is 1.27 bits per heavy atom. The first-order valence-corrected chi connectivity index (χ1v) is 7.68. The normalized spacial score (nSPS) is 19.7. The lowest BCUT2D eigenvalue weighted by Crippen LogP contribution is -2.46. The lowest BCUT2D eigenvalue weighted by molar-refractivity contribution is -0.119. The molecule has 118 valence electrons. The molecular formula is C16H21N3O3. The molecule has 1 aromatic carbocycles. The fourth-order valence-corrected chi connectivity index (χ4v) is 3.02. The number of amides is 2. The van der Waals surface area contributed by atoms with Crippen molar-refractivity contribution in [2.45, 2.75) is 18.9 Å². The third kappa shape index (κ3) is 3.28. The minimum atomic E-state index is -0.523. The number of aliphatic hydroxyl groups excluding tert-OH is 1. The van der Waals surface area contributed by atoms with Gasteiger partial charge in [0.2, 0.25) is 12.3 Å². The highest BCUT2D eigenvalue weighted by molar-refractivity contribution is 5.99. The summed E-state index contributed by atoms with van der Waals surface area (Å²) < 4.78 is 0. The highest BCUT2D eigenvalue weighted by atomic mass is 16.3. The zero-order valence-electron chi connectivity index (χ0n) is 12.5. The van der Waals surface area contributed by atoms with Gasteiger partial charge in [-0.05, 0) is 23.6 Å². The van der Waals surface area contributed by atoms with E-state index in [4.69, 9.17) is 0 Å². The molecule has 0 radical (unpaired) electrons. The van der Waals surface area contributed by atoms with Crippen molar-refractivity contribution in [1.82, 2.24) is 9.80 Å².